The van der Waals surface area contributed by atoms with E-state index in [1.54, 1.807) is 0 Å². The van der Waals surface area contributed by atoms with Gasteiger partial charge in [-0.05, 0) is 103 Å². The van der Waals surface area contributed by atoms with Gasteiger partial charge < -0.3 is 13.6 Å². The van der Waals surface area contributed by atoms with Gasteiger partial charge in [-0.1, -0.05) is 166 Å². The van der Waals surface area contributed by atoms with Gasteiger partial charge in [0.2, 0.25) is 0 Å². The smallest absolute Gasteiger partial charge is 0.305 e. The molecule has 0 unspecified atom stereocenters. The molecule has 0 amide bonds. The maximum Gasteiger partial charge on any atom is 0.305 e. The third-order valence-electron chi connectivity index (χ3n) is 13.1. The topological polar surface area (TPSA) is 61.8 Å². The zero-order valence-electron chi connectivity index (χ0n) is 38.7. The molecule has 5 nitrogen and oxygen atoms in total. The van der Waals surface area contributed by atoms with E-state index in [2.05, 4.69) is 146 Å². The van der Waals surface area contributed by atoms with Crippen molar-refractivity contribution in [1.29, 1.82) is 0 Å². The van der Waals surface area contributed by atoms with E-state index in [-0.39, 0.29) is 34.2 Å². The molecule has 0 aliphatic heterocycles. The number of benzene rings is 2. The van der Waals surface area contributed by atoms with Crippen molar-refractivity contribution in [2.75, 3.05) is 7.11 Å². The first kappa shape index (κ1) is 51.6. The first-order chi connectivity index (χ1) is 26.7. The molecule has 0 N–H and O–H groups in total. The standard InChI is InChI=1S/C31H52O4Si.C18H31BrOSi/c1-8-9-12-16-29(35-36(6,7)31(2,3)4)25-20-18-24(19-21-25)26-22-23-28(32)27(26)15-13-10-11-14-17-30(33)34-5;1-7-8-9-10-17(15-11-13-16(19)14-12-15)20-21(5,6)18(2,3)4/h18-21,26-27,29H,8-17,22-23H2,1-7H3;11-14,17H,7-10H2,1-6H3/t26-,27-,29-;17-/m01/s1. The van der Waals surface area contributed by atoms with Gasteiger partial charge in [-0.25, -0.2) is 0 Å². The third-order valence-corrected chi connectivity index (χ3v) is 22.6. The highest BCUT2D eigenvalue weighted by Crippen LogP contribution is 2.44. The van der Waals surface area contributed by atoms with E-state index in [9.17, 15) is 9.59 Å². The highest BCUT2D eigenvalue weighted by atomic mass is 79.9. The number of carbonyl (C=O) groups excluding carboxylic acids is 2. The van der Waals surface area contributed by atoms with Gasteiger partial charge >= 0.3 is 5.97 Å². The second-order valence-electron chi connectivity index (χ2n) is 19.7. The van der Waals surface area contributed by atoms with Gasteiger partial charge in [0, 0.05) is 23.2 Å². The summed E-state index contributed by atoms with van der Waals surface area (Å²) >= 11 is 3.52. The van der Waals surface area contributed by atoms with Crippen LogP contribution in [-0.4, -0.2) is 35.5 Å². The Hall–Kier alpha value is -1.59. The van der Waals surface area contributed by atoms with Gasteiger partial charge in [-0.3, -0.25) is 9.59 Å². The predicted octanol–water partition coefficient (Wildman–Crippen LogP) is 16.0. The first-order valence-corrected chi connectivity index (χ1v) is 29.1. The molecule has 0 spiro atoms. The SMILES string of the molecule is CCCCC[C@@H](O[Si](C)(C)C(C)(C)C)c1ccc(Br)cc1.CCCCC[C@H](O[Si](C)(C)C(C)(C)C)c1ccc([C@@H]2CCC(=O)[C@H]2CCCCCCC(=O)OC)cc1. The Morgan fingerprint density at radius 1 is 0.702 bits per heavy atom. The Bertz CT molecular complexity index is 1440. The van der Waals surface area contributed by atoms with E-state index < -0.39 is 16.6 Å². The first-order valence-electron chi connectivity index (χ1n) is 22.5. The summed E-state index contributed by atoms with van der Waals surface area (Å²) < 4.78 is 19.4. The second-order valence-corrected chi connectivity index (χ2v) is 30.1. The molecule has 0 saturated heterocycles. The molecule has 0 bridgehead atoms. The lowest BCUT2D eigenvalue weighted by molar-refractivity contribution is -0.140. The molecule has 324 valence electrons. The lowest BCUT2D eigenvalue weighted by Crippen LogP contribution is -2.41. The zero-order valence-corrected chi connectivity index (χ0v) is 42.2. The number of unbranched alkanes of at least 4 members (excludes halogenated alkanes) is 7. The molecule has 2 aromatic rings. The van der Waals surface area contributed by atoms with Gasteiger partial charge in [-0.2, -0.15) is 0 Å². The molecular formula is C49H83BrO5Si2. The summed E-state index contributed by atoms with van der Waals surface area (Å²) in [4.78, 5) is 24.0. The molecule has 1 fully saturated rings. The maximum absolute atomic E-state index is 12.7. The van der Waals surface area contributed by atoms with E-state index in [4.69, 9.17) is 13.6 Å². The summed E-state index contributed by atoms with van der Waals surface area (Å²) in [6.07, 6.45) is 17.1. The largest absolute Gasteiger partial charge is 0.469 e. The number of carbonyl (C=O) groups is 2. The quantitative estimate of drug-likeness (QED) is 0.0670. The maximum atomic E-state index is 12.7. The molecule has 0 aromatic heterocycles. The Balaban J connectivity index is 0.000000453. The lowest BCUT2D eigenvalue weighted by atomic mass is 9.84. The molecule has 0 heterocycles. The minimum Gasteiger partial charge on any atom is -0.469 e. The number of rotatable bonds is 22. The Kier molecular flexibility index (Phi) is 22.3. The number of Topliss-reactive ketones (excluding diaryl/α,β-unsaturated/α-hetero) is 1. The van der Waals surface area contributed by atoms with Crippen LogP contribution >= 0.6 is 15.9 Å². The van der Waals surface area contributed by atoms with E-state index in [0.717, 1.165) is 55.8 Å². The average Bonchev–Trinajstić information content (AvgIpc) is 3.51. The van der Waals surface area contributed by atoms with Crippen LogP contribution in [0.2, 0.25) is 36.3 Å². The molecule has 0 radical (unpaired) electrons. The fourth-order valence-electron chi connectivity index (χ4n) is 7.21. The van der Waals surface area contributed by atoms with E-state index >= 15 is 0 Å². The van der Waals surface area contributed by atoms with Crippen LogP contribution in [-0.2, 0) is 23.2 Å². The minimum atomic E-state index is -1.87. The van der Waals surface area contributed by atoms with Crippen LogP contribution in [0.5, 0.6) is 0 Å². The van der Waals surface area contributed by atoms with E-state index in [0.29, 0.717) is 24.5 Å². The Morgan fingerprint density at radius 2 is 1.16 bits per heavy atom. The van der Waals surface area contributed by atoms with Crippen LogP contribution in [0.15, 0.2) is 53.0 Å². The molecule has 2 aromatic carbocycles. The van der Waals surface area contributed by atoms with Crippen molar-refractivity contribution in [3.63, 3.8) is 0 Å². The predicted molar refractivity (Wildman–Crippen MR) is 251 cm³/mol. The van der Waals surface area contributed by atoms with Gasteiger partial charge in [0.05, 0.1) is 19.3 Å². The summed E-state index contributed by atoms with van der Waals surface area (Å²) in [7, 11) is -2.17. The van der Waals surface area contributed by atoms with Crippen molar-refractivity contribution in [2.45, 2.75) is 213 Å². The molecule has 4 atom stereocenters. The number of ketones is 1. The number of esters is 1. The number of hydrogen-bond acceptors (Lipinski definition) is 5. The van der Waals surface area contributed by atoms with Crippen molar-refractivity contribution in [3.8, 4) is 0 Å². The van der Waals surface area contributed by atoms with E-state index in [1.807, 2.05) is 0 Å². The summed E-state index contributed by atoms with van der Waals surface area (Å²) in [6, 6.07) is 17.7. The number of halogens is 1. The van der Waals surface area contributed by atoms with Crippen molar-refractivity contribution < 1.29 is 23.2 Å². The minimum absolute atomic E-state index is 0.133. The fraction of sp³-hybridized carbons (Fsp3) is 0.714. The Labute approximate surface area is 361 Å². The van der Waals surface area contributed by atoms with Crippen LogP contribution in [0.25, 0.3) is 0 Å². The number of methoxy groups -OCH3 is 1. The van der Waals surface area contributed by atoms with Gasteiger partial charge in [0.25, 0.3) is 0 Å². The lowest BCUT2D eigenvalue weighted by Gasteiger charge is -2.39. The fourth-order valence-corrected chi connectivity index (χ4v) is 10.1. The highest BCUT2D eigenvalue weighted by Gasteiger charge is 2.41. The van der Waals surface area contributed by atoms with Crippen molar-refractivity contribution in [3.05, 3.63) is 69.7 Å². The summed E-state index contributed by atoms with van der Waals surface area (Å²) in [5, 5.41) is 0.443. The molecule has 1 aliphatic carbocycles. The van der Waals surface area contributed by atoms with Crippen LogP contribution in [0.1, 0.15) is 193 Å². The number of hydrogen-bond donors (Lipinski definition) is 0. The summed E-state index contributed by atoms with van der Waals surface area (Å²) in [6.45, 7) is 27.7. The molecule has 3 rings (SSSR count). The molecule has 1 saturated carbocycles. The summed E-state index contributed by atoms with van der Waals surface area (Å²) in [5.41, 5.74) is 3.91. The van der Waals surface area contributed by atoms with E-state index in [1.165, 1.54) is 62.3 Å². The number of ether oxygens (including phenoxy) is 1. The van der Waals surface area contributed by atoms with Crippen molar-refractivity contribution >= 4 is 44.3 Å². The van der Waals surface area contributed by atoms with Gasteiger partial charge in [0.15, 0.2) is 16.6 Å². The van der Waals surface area contributed by atoms with Crippen molar-refractivity contribution in [2.24, 2.45) is 5.92 Å². The molecule has 1 aliphatic rings. The van der Waals surface area contributed by atoms with Crippen molar-refractivity contribution in [1.82, 2.24) is 0 Å². The van der Waals surface area contributed by atoms with Crippen LogP contribution in [0, 0.1) is 5.92 Å². The molecule has 8 heteroatoms. The highest BCUT2D eigenvalue weighted by molar-refractivity contribution is 9.10. The molecule has 57 heavy (non-hydrogen) atoms. The molecular weight excluding hydrogens is 805 g/mol. The third kappa shape index (κ3) is 17.5. The normalized spacial score (nSPS) is 17.5. The van der Waals surface area contributed by atoms with Crippen LogP contribution in [0.4, 0.5) is 0 Å². The zero-order chi connectivity index (χ0) is 42.9. The Morgan fingerprint density at radius 3 is 1.60 bits per heavy atom. The summed E-state index contributed by atoms with van der Waals surface area (Å²) in [5.74, 6) is 0.769. The van der Waals surface area contributed by atoms with Crippen LogP contribution in [0.3, 0.4) is 0 Å². The van der Waals surface area contributed by atoms with Gasteiger partial charge in [0.1, 0.15) is 5.78 Å². The average molecular weight is 888 g/mol. The monoisotopic (exact) mass is 886 g/mol. The van der Waals surface area contributed by atoms with Crippen LogP contribution < -0.4 is 0 Å². The second kappa shape index (κ2) is 24.6. The van der Waals surface area contributed by atoms with Gasteiger partial charge in [-0.15, -0.1) is 0 Å².